The van der Waals surface area contributed by atoms with Gasteiger partial charge in [-0.15, -0.1) is 24.0 Å². The van der Waals surface area contributed by atoms with E-state index in [-0.39, 0.29) is 30.0 Å². The number of nitrogens with zero attached hydrogens (tertiary/aromatic N) is 2. The molecule has 0 aliphatic carbocycles. The number of aliphatic imine (C=N–C) groups is 1. The molecule has 1 amide bonds. The molecule has 1 rings (SSSR count). The number of ether oxygens (including phenoxy) is 2. The molecule has 0 bridgehead atoms. The first-order valence-corrected chi connectivity index (χ1v) is 9.95. The van der Waals surface area contributed by atoms with Gasteiger partial charge in [-0.2, -0.15) is 0 Å². The Balaban J connectivity index is 0.00000841. The summed E-state index contributed by atoms with van der Waals surface area (Å²) in [6.45, 7) is 9.83. The molecule has 0 fully saturated rings. The average molecular weight is 535 g/mol. The number of likely N-dealkylation sites (N-methyl/N-ethyl adjacent to an activating group) is 1. The summed E-state index contributed by atoms with van der Waals surface area (Å²) in [6.07, 6.45) is -0.424. The second kappa shape index (κ2) is 14.3. The van der Waals surface area contributed by atoms with Crippen molar-refractivity contribution in [3.63, 3.8) is 0 Å². The molecule has 1 atom stereocenters. The number of benzene rings is 1. The van der Waals surface area contributed by atoms with Crippen LogP contribution in [0.5, 0.6) is 5.75 Å². The molecule has 3 N–H and O–H groups in total. The molecule has 172 valence electrons. The number of nitrogens with one attached hydrogen (secondary N) is 3. The highest BCUT2D eigenvalue weighted by atomic mass is 127. The number of carbonyl (C=O) groups excluding carboxylic acids is 1. The first-order valence-electron chi connectivity index (χ1n) is 9.95. The predicted octanol–water partition coefficient (Wildman–Crippen LogP) is 3.00. The molecular formula is C21H38IN5O3. The van der Waals surface area contributed by atoms with E-state index in [0.29, 0.717) is 25.6 Å². The maximum absolute atomic E-state index is 11.7. The molecule has 0 radical (unpaired) electrons. The third-order valence-corrected chi connectivity index (χ3v) is 3.95. The van der Waals surface area contributed by atoms with E-state index in [1.54, 1.807) is 7.11 Å². The average Bonchev–Trinajstić information content (AvgIpc) is 2.63. The van der Waals surface area contributed by atoms with E-state index in [1.807, 2.05) is 60.0 Å². The van der Waals surface area contributed by atoms with Gasteiger partial charge in [-0.1, -0.05) is 12.1 Å². The number of hydrogen-bond acceptors (Lipinski definition) is 5. The second-order valence-corrected chi connectivity index (χ2v) is 7.83. The maximum atomic E-state index is 11.7. The van der Waals surface area contributed by atoms with Crippen LogP contribution < -0.4 is 20.7 Å². The van der Waals surface area contributed by atoms with Gasteiger partial charge in [0, 0.05) is 19.6 Å². The van der Waals surface area contributed by atoms with Crippen LogP contribution in [0.2, 0.25) is 0 Å². The minimum Gasteiger partial charge on any atom is -0.497 e. The molecule has 0 aromatic heterocycles. The fourth-order valence-corrected chi connectivity index (χ4v) is 2.59. The molecule has 9 heteroatoms. The van der Waals surface area contributed by atoms with Crippen LogP contribution in [0.3, 0.4) is 0 Å². The molecule has 1 aromatic rings. The lowest BCUT2D eigenvalue weighted by atomic mass is 10.1. The van der Waals surface area contributed by atoms with Crippen molar-refractivity contribution >= 4 is 36.0 Å². The van der Waals surface area contributed by atoms with E-state index in [1.165, 1.54) is 0 Å². The lowest BCUT2D eigenvalue weighted by Crippen LogP contribution is -2.42. The Morgan fingerprint density at radius 2 is 1.83 bits per heavy atom. The number of methoxy groups -OCH3 is 1. The van der Waals surface area contributed by atoms with Crippen molar-refractivity contribution in [3.05, 3.63) is 29.8 Å². The molecule has 30 heavy (non-hydrogen) atoms. The van der Waals surface area contributed by atoms with Gasteiger partial charge in [-0.25, -0.2) is 4.79 Å². The molecule has 0 saturated carbocycles. The van der Waals surface area contributed by atoms with E-state index in [4.69, 9.17) is 14.5 Å². The largest absolute Gasteiger partial charge is 0.497 e. The topological polar surface area (TPSA) is 87.2 Å². The van der Waals surface area contributed by atoms with E-state index < -0.39 is 11.7 Å². The smallest absolute Gasteiger partial charge is 0.407 e. The SMILES string of the molecule is CCNC(=NCC(c1cccc(OC)c1)N(C)C)NCCNC(=O)OC(C)(C)C.I. The zero-order valence-corrected chi connectivity index (χ0v) is 21.6. The van der Waals surface area contributed by atoms with Crippen molar-refractivity contribution in [2.75, 3.05) is 47.4 Å². The van der Waals surface area contributed by atoms with Crippen molar-refractivity contribution < 1.29 is 14.3 Å². The standard InChI is InChI=1S/C21H37N5O3.HI/c1-8-22-19(23-12-13-24-20(27)29-21(2,3)4)25-15-18(26(5)6)16-10-9-11-17(14-16)28-7;/h9-11,14,18H,8,12-13,15H2,1-7H3,(H,24,27)(H2,22,23,25);1H. The number of guanidine groups is 1. The van der Waals surface area contributed by atoms with Crippen LogP contribution in [0.4, 0.5) is 4.79 Å². The quantitative estimate of drug-likeness (QED) is 0.195. The van der Waals surface area contributed by atoms with E-state index >= 15 is 0 Å². The highest BCUT2D eigenvalue weighted by Gasteiger charge is 2.16. The number of halogens is 1. The van der Waals surface area contributed by atoms with Crippen LogP contribution >= 0.6 is 24.0 Å². The van der Waals surface area contributed by atoms with E-state index in [9.17, 15) is 4.79 Å². The van der Waals surface area contributed by atoms with Gasteiger partial charge < -0.3 is 30.3 Å². The van der Waals surface area contributed by atoms with Crippen LogP contribution in [-0.2, 0) is 4.74 Å². The van der Waals surface area contributed by atoms with E-state index in [2.05, 4.69) is 26.9 Å². The van der Waals surface area contributed by atoms with Gasteiger partial charge in [0.2, 0.25) is 0 Å². The Morgan fingerprint density at radius 1 is 1.17 bits per heavy atom. The van der Waals surface area contributed by atoms with Crippen molar-refractivity contribution in [2.24, 2.45) is 4.99 Å². The van der Waals surface area contributed by atoms with Crippen LogP contribution in [0, 0.1) is 0 Å². The molecule has 0 aliphatic rings. The Morgan fingerprint density at radius 3 is 2.40 bits per heavy atom. The summed E-state index contributed by atoms with van der Waals surface area (Å²) in [6, 6.07) is 8.14. The summed E-state index contributed by atoms with van der Waals surface area (Å²) in [5.41, 5.74) is 0.635. The lowest BCUT2D eigenvalue weighted by Gasteiger charge is -2.24. The molecule has 0 spiro atoms. The number of amides is 1. The van der Waals surface area contributed by atoms with E-state index in [0.717, 1.165) is 17.9 Å². The first kappa shape index (κ1) is 28.2. The zero-order valence-electron chi connectivity index (χ0n) is 19.2. The van der Waals surface area contributed by atoms with Gasteiger partial charge in [-0.3, -0.25) is 4.99 Å². The predicted molar refractivity (Wildman–Crippen MR) is 133 cm³/mol. The Hall–Kier alpha value is -1.75. The molecular weight excluding hydrogens is 497 g/mol. The molecule has 1 aromatic carbocycles. The van der Waals surface area contributed by atoms with Gasteiger partial charge in [0.05, 0.1) is 19.7 Å². The lowest BCUT2D eigenvalue weighted by molar-refractivity contribution is 0.0529. The Labute approximate surface area is 198 Å². The van der Waals surface area contributed by atoms with Gasteiger partial charge in [0.15, 0.2) is 5.96 Å². The third-order valence-electron chi connectivity index (χ3n) is 3.95. The van der Waals surface area contributed by atoms with Crippen molar-refractivity contribution in [2.45, 2.75) is 39.3 Å². The number of alkyl carbamates (subject to hydrolysis) is 1. The summed E-state index contributed by atoms with van der Waals surface area (Å²) in [5, 5.41) is 9.19. The summed E-state index contributed by atoms with van der Waals surface area (Å²) in [4.78, 5) is 18.5. The fourth-order valence-electron chi connectivity index (χ4n) is 2.59. The molecule has 0 saturated heterocycles. The zero-order chi connectivity index (χ0) is 21.9. The molecule has 0 aliphatic heterocycles. The third kappa shape index (κ3) is 11.4. The normalized spacial score (nSPS) is 12.6. The summed E-state index contributed by atoms with van der Waals surface area (Å²) in [7, 11) is 5.73. The molecule has 1 unspecified atom stereocenters. The van der Waals surface area contributed by atoms with Gasteiger partial charge in [0.1, 0.15) is 11.4 Å². The summed E-state index contributed by atoms with van der Waals surface area (Å²) < 4.78 is 10.6. The van der Waals surface area contributed by atoms with Gasteiger partial charge in [0.25, 0.3) is 0 Å². The Bertz CT molecular complexity index is 662. The highest BCUT2D eigenvalue weighted by molar-refractivity contribution is 14.0. The number of rotatable bonds is 9. The summed E-state index contributed by atoms with van der Waals surface area (Å²) in [5.74, 6) is 1.53. The fraction of sp³-hybridized carbons (Fsp3) is 0.619. The van der Waals surface area contributed by atoms with Crippen LogP contribution in [0.1, 0.15) is 39.3 Å². The minimum absolute atomic E-state index is 0. The van der Waals surface area contributed by atoms with Crippen LogP contribution in [0.15, 0.2) is 29.3 Å². The van der Waals surface area contributed by atoms with Gasteiger partial charge in [-0.05, 0) is 59.5 Å². The van der Waals surface area contributed by atoms with Crippen molar-refractivity contribution in [1.82, 2.24) is 20.9 Å². The maximum Gasteiger partial charge on any atom is 0.407 e. The van der Waals surface area contributed by atoms with Crippen LogP contribution in [-0.4, -0.2) is 69.9 Å². The molecule has 8 nitrogen and oxygen atoms in total. The second-order valence-electron chi connectivity index (χ2n) is 7.83. The highest BCUT2D eigenvalue weighted by Crippen LogP contribution is 2.22. The number of carbonyl (C=O) groups is 1. The molecule has 0 heterocycles. The first-order chi connectivity index (χ1) is 13.7. The monoisotopic (exact) mass is 535 g/mol. The van der Waals surface area contributed by atoms with Crippen molar-refractivity contribution in [3.8, 4) is 5.75 Å². The number of hydrogen-bond donors (Lipinski definition) is 3. The van der Waals surface area contributed by atoms with Crippen LogP contribution in [0.25, 0.3) is 0 Å². The summed E-state index contributed by atoms with van der Waals surface area (Å²) >= 11 is 0. The van der Waals surface area contributed by atoms with Gasteiger partial charge >= 0.3 is 6.09 Å². The minimum atomic E-state index is -0.505. The van der Waals surface area contributed by atoms with Crippen molar-refractivity contribution in [1.29, 1.82) is 0 Å². The Kier molecular flexibility index (Phi) is 13.5.